The number of nitrogens with zero attached hydrogens (tertiary/aromatic N) is 2. The first-order valence-electron chi connectivity index (χ1n) is 5.53. The monoisotopic (exact) mass is 336 g/mol. The fraction of sp³-hybridized carbons (Fsp3) is 0.0769. The zero-order valence-corrected chi connectivity index (χ0v) is 12.3. The predicted octanol–water partition coefficient (Wildman–Crippen LogP) is 3.76. The summed E-state index contributed by atoms with van der Waals surface area (Å²) in [5, 5.41) is 10.5. The van der Waals surface area contributed by atoms with Crippen LogP contribution in [0.1, 0.15) is 16.6 Å². The molecule has 19 heavy (non-hydrogen) atoms. The zero-order chi connectivity index (χ0) is 13.6. The Morgan fingerprint density at radius 3 is 2.89 bits per heavy atom. The van der Waals surface area contributed by atoms with Gasteiger partial charge in [0.25, 0.3) is 0 Å². The van der Waals surface area contributed by atoms with E-state index in [1.165, 1.54) is 18.3 Å². The smallest absolute Gasteiger partial charge is 0.173 e. The Morgan fingerprint density at radius 1 is 1.42 bits per heavy atom. The maximum absolute atomic E-state index is 11.4. The van der Waals surface area contributed by atoms with Gasteiger partial charge in [-0.1, -0.05) is 15.9 Å². The first-order chi connectivity index (χ1) is 9.06. The van der Waals surface area contributed by atoms with Gasteiger partial charge in [-0.15, -0.1) is 11.3 Å². The molecule has 0 atom stereocenters. The summed E-state index contributed by atoms with van der Waals surface area (Å²) in [5.74, 6) is -0.122. The molecule has 0 bridgehead atoms. The van der Waals surface area contributed by atoms with Crippen LogP contribution < -0.4 is 0 Å². The number of aromatic hydroxyl groups is 1. The number of aromatic nitrogens is 2. The summed E-state index contributed by atoms with van der Waals surface area (Å²) in [6.45, 7) is 1.44. The van der Waals surface area contributed by atoms with Crippen molar-refractivity contribution < 1.29 is 9.90 Å². The Hall–Kier alpha value is -1.66. The van der Waals surface area contributed by atoms with E-state index in [-0.39, 0.29) is 11.5 Å². The summed E-state index contributed by atoms with van der Waals surface area (Å²) in [4.78, 5) is 16.1. The SMILES string of the molecule is CC(=O)c1sc(-n2cnc3ccc(Br)cc32)cc1O. The number of carbonyl (C=O) groups excluding carboxylic acids is 1. The van der Waals surface area contributed by atoms with Crippen molar-refractivity contribution in [3.8, 4) is 10.8 Å². The van der Waals surface area contributed by atoms with Gasteiger partial charge < -0.3 is 5.11 Å². The first kappa shape index (κ1) is 12.4. The third-order valence-corrected chi connectivity index (χ3v) is 4.48. The van der Waals surface area contributed by atoms with E-state index in [1.807, 2.05) is 22.8 Å². The van der Waals surface area contributed by atoms with Gasteiger partial charge in [0.05, 0.1) is 11.0 Å². The molecule has 1 N–H and O–H groups in total. The summed E-state index contributed by atoms with van der Waals surface area (Å²) in [5.41, 5.74) is 1.78. The molecular formula is C13H9BrN2O2S. The van der Waals surface area contributed by atoms with Crippen LogP contribution in [0.5, 0.6) is 5.75 Å². The molecule has 96 valence electrons. The Kier molecular flexibility index (Phi) is 2.91. The number of halogens is 1. The molecule has 4 nitrogen and oxygen atoms in total. The number of rotatable bonds is 2. The van der Waals surface area contributed by atoms with E-state index in [2.05, 4.69) is 20.9 Å². The lowest BCUT2D eigenvalue weighted by atomic mass is 10.3. The minimum Gasteiger partial charge on any atom is -0.506 e. The molecule has 0 saturated heterocycles. The van der Waals surface area contributed by atoms with E-state index in [9.17, 15) is 9.90 Å². The Morgan fingerprint density at radius 2 is 2.21 bits per heavy atom. The second-order valence-corrected chi connectivity index (χ2v) is 6.05. The zero-order valence-electron chi connectivity index (χ0n) is 9.92. The van der Waals surface area contributed by atoms with Crippen molar-refractivity contribution in [3.05, 3.63) is 39.9 Å². The highest BCUT2D eigenvalue weighted by atomic mass is 79.9. The molecule has 0 unspecified atom stereocenters. The largest absolute Gasteiger partial charge is 0.506 e. The van der Waals surface area contributed by atoms with Gasteiger partial charge in [-0.25, -0.2) is 4.98 Å². The van der Waals surface area contributed by atoms with Crippen LogP contribution in [0.2, 0.25) is 0 Å². The Bertz CT molecular complexity index is 791. The average molecular weight is 337 g/mol. The molecule has 0 amide bonds. The van der Waals surface area contributed by atoms with E-state index < -0.39 is 0 Å². The molecule has 0 aliphatic carbocycles. The number of benzene rings is 1. The lowest BCUT2D eigenvalue weighted by molar-refractivity contribution is 0.101. The average Bonchev–Trinajstić information content (AvgIpc) is 2.91. The van der Waals surface area contributed by atoms with E-state index in [1.54, 1.807) is 12.4 Å². The molecule has 0 aliphatic heterocycles. The minimum absolute atomic E-state index is 0.0179. The maximum Gasteiger partial charge on any atom is 0.173 e. The van der Waals surface area contributed by atoms with Crippen molar-refractivity contribution in [1.29, 1.82) is 0 Å². The highest BCUT2D eigenvalue weighted by Crippen LogP contribution is 2.33. The number of carbonyl (C=O) groups is 1. The molecule has 0 spiro atoms. The number of fused-ring (bicyclic) bond motifs is 1. The van der Waals surface area contributed by atoms with E-state index in [4.69, 9.17) is 0 Å². The number of thiophene rings is 1. The summed E-state index contributed by atoms with van der Waals surface area (Å²) in [6, 6.07) is 7.37. The lowest BCUT2D eigenvalue weighted by Gasteiger charge is -1.99. The molecule has 1 aromatic carbocycles. The van der Waals surface area contributed by atoms with Crippen molar-refractivity contribution in [2.75, 3.05) is 0 Å². The van der Waals surface area contributed by atoms with Crippen molar-refractivity contribution >= 4 is 44.1 Å². The predicted molar refractivity (Wildman–Crippen MR) is 78.3 cm³/mol. The van der Waals surface area contributed by atoms with Crippen LogP contribution in [0.4, 0.5) is 0 Å². The summed E-state index contributed by atoms with van der Waals surface area (Å²) >= 11 is 4.68. The van der Waals surface area contributed by atoms with Crippen LogP contribution in [0.3, 0.4) is 0 Å². The highest BCUT2D eigenvalue weighted by molar-refractivity contribution is 9.10. The second kappa shape index (κ2) is 4.47. The first-order valence-corrected chi connectivity index (χ1v) is 7.14. The van der Waals surface area contributed by atoms with E-state index in [0.717, 1.165) is 20.5 Å². The van der Waals surface area contributed by atoms with Gasteiger partial charge in [0.15, 0.2) is 5.78 Å². The van der Waals surface area contributed by atoms with Crippen molar-refractivity contribution in [2.45, 2.75) is 6.92 Å². The topological polar surface area (TPSA) is 55.1 Å². The van der Waals surface area contributed by atoms with Crippen molar-refractivity contribution in [3.63, 3.8) is 0 Å². The quantitative estimate of drug-likeness (QED) is 0.725. The molecule has 6 heteroatoms. The molecule has 3 rings (SSSR count). The van der Waals surface area contributed by atoms with Crippen molar-refractivity contribution in [2.24, 2.45) is 0 Å². The summed E-state index contributed by atoms with van der Waals surface area (Å²) in [7, 11) is 0. The number of hydrogen-bond acceptors (Lipinski definition) is 4. The Labute approximate surface area is 121 Å². The molecule has 0 aliphatic rings. The van der Waals surface area contributed by atoms with Gasteiger partial charge in [0.2, 0.25) is 0 Å². The fourth-order valence-electron chi connectivity index (χ4n) is 1.90. The molecule has 0 radical (unpaired) electrons. The number of ketones is 1. The van der Waals surface area contributed by atoms with Crippen LogP contribution in [0.15, 0.2) is 35.1 Å². The number of imidazole rings is 1. The van der Waals surface area contributed by atoms with Gasteiger partial charge >= 0.3 is 0 Å². The van der Waals surface area contributed by atoms with E-state index >= 15 is 0 Å². The van der Waals surface area contributed by atoms with Gasteiger partial charge in [-0.2, -0.15) is 0 Å². The molecular weight excluding hydrogens is 328 g/mol. The minimum atomic E-state index is -0.139. The Balaban J connectivity index is 2.21. The van der Waals surface area contributed by atoms with Crippen LogP contribution in [0.25, 0.3) is 16.0 Å². The van der Waals surface area contributed by atoms with Crippen LogP contribution >= 0.6 is 27.3 Å². The number of hydrogen-bond donors (Lipinski definition) is 1. The van der Waals surface area contributed by atoms with Crippen LogP contribution in [-0.4, -0.2) is 20.4 Å². The lowest BCUT2D eigenvalue weighted by Crippen LogP contribution is -1.87. The second-order valence-electron chi connectivity index (χ2n) is 4.10. The molecule has 2 aromatic heterocycles. The third-order valence-electron chi connectivity index (χ3n) is 2.77. The van der Waals surface area contributed by atoms with Gasteiger partial charge in [-0.05, 0) is 18.2 Å². The van der Waals surface area contributed by atoms with Crippen LogP contribution in [0, 0.1) is 0 Å². The molecule has 0 fully saturated rings. The van der Waals surface area contributed by atoms with Crippen LogP contribution in [-0.2, 0) is 0 Å². The third kappa shape index (κ3) is 2.06. The molecule has 2 heterocycles. The highest BCUT2D eigenvalue weighted by Gasteiger charge is 2.14. The van der Waals surface area contributed by atoms with Gasteiger partial charge in [0.1, 0.15) is 22.0 Å². The van der Waals surface area contributed by atoms with Gasteiger partial charge in [-0.3, -0.25) is 9.36 Å². The maximum atomic E-state index is 11.4. The standard InChI is InChI=1S/C13H9BrN2O2S/c1-7(17)13-11(18)5-12(19-13)16-6-15-9-3-2-8(14)4-10(9)16/h2-6,18H,1H3. The normalized spacial score (nSPS) is 11.1. The molecule has 3 aromatic rings. The van der Waals surface area contributed by atoms with E-state index in [0.29, 0.717) is 4.88 Å². The van der Waals surface area contributed by atoms with Gasteiger partial charge in [0, 0.05) is 17.5 Å². The number of Topliss-reactive ketones (excluding diaryl/α,β-unsaturated/α-hetero) is 1. The summed E-state index contributed by atoms with van der Waals surface area (Å²) in [6.07, 6.45) is 1.69. The molecule has 0 saturated carbocycles. The summed E-state index contributed by atoms with van der Waals surface area (Å²) < 4.78 is 2.81. The fourth-order valence-corrected chi connectivity index (χ4v) is 3.18. The van der Waals surface area contributed by atoms with Crippen molar-refractivity contribution in [1.82, 2.24) is 9.55 Å².